The van der Waals surface area contributed by atoms with Gasteiger partial charge >= 0.3 is 11.9 Å². The van der Waals surface area contributed by atoms with Gasteiger partial charge in [0.25, 0.3) is 0 Å². The predicted octanol–water partition coefficient (Wildman–Crippen LogP) is -4.64. The van der Waals surface area contributed by atoms with Crippen LogP contribution in [0.15, 0.2) is 23.8 Å². The summed E-state index contributed by atoms with van der Waals surface area (Å²) in [5.41, 5.74) is -0.650. The largest absolute Gasteiger partial charge is 0.463 e. The molecule has 28 atom stereocenters. The van der Waals surface area contributed by atoms with Crippen molar-refractivity contribution in [2.75, 3.05) is 40.1 Å². The molecule has 0 radical (unpaired) electrons. The van der Waals surface area contributed by atoms with E-state index < -0.39 is 252 Å². The van der Waals surface area contributed by atoms with E-state index in [4.69, 9.17) is 61.6 Å². The van der Waals surface area contributed by atoms with Crippen LogP contribution in [0, 0.1) is 0 Å². The Labute approximate surface area is 585 Å². The van der Waals surface area contributed by atoms with Gasteiger partial charge in [-0.1, -0.05) is 70.4 Å². The normalized spacial score (nSPS) is 37.5. The maximum atomic E-state index is 13.6. The average molecular weight is 1460 g/mol. The number of carbonyl (C=O) groups is 6. The Kier molecular flexibility index (Phi) is 35.0. The molecule has 0 bridgehead atoms. The minimum Gasteiger partial charge on any atom is -0.463 e. The fourth-order valence-electron chi connectivity index (χ4n) is 12.9. The van der Waals surface area contributed by atoms with Crippen molar-refractivity contribution in [3.05, 3.63) is 23.8 Å². The molecule has 5 saturated heterocycles. The van der Waals surface area contributed by atoms with Gasteiger partial charge < -0.3 is 149 Å². The molecule has 0 aromatic heterocycles. The highest BCUT2D eigenvalue weighted by Gasteiger charge is 2.57. The van der Waals surface area contributed by atoms with E-state index in [1.165, 1.54) is 39.7 Å². The summed E-state index contributed by atoms with van der Waals surface area (Å²) < 4.78 is 77.0. The third-order valence-corrected chi connectivity index (χ3v) is 18.2. The Bertz CT molecular complexity index is 2650. The Morgan fingerprint density at radius 1 is 0.465 bits per heavy atom. The van der Waals surface area contributed by atoms with Crippen LogP contribution in [-0.4, -0.2) is 309 Å². The van der Waals surface area contributed by atoms with E-state index in [0.29, 0.717) is 12.8 Å². The van der Waals surface area contributed by atoms with Crippen molar-refractivity contribution < 1.29 is 152 Å². The lowest BCUT2D eigenvalue weighted by Gasteiger charge is -2.50. The number of ether oxygens (including phenoxy) is 13. The maximum absolute atomic E-state index is 13.6. The molecule has 0 aromatic rings. The first-order valence-corrected chi connectivity index (χ1v) is 34.7. The van der Waals surface area contributed by atoms with Gasteiger partial charge in [0.05, 0.1) is 32.5 Å². The minimum atomic E-state index is -2.16. The van der Waals surface area contributed by atoms with Crippen molar-refractivity contribution in [2.24, 2.45) is 0 Å². The van der Waals surface area contributed by atoms with Crippen LogP contribution in [0.1, 0.15) is 138 Å². The van der Waals surface area contributed by atoms with E-state index in [0.717, 1.165) is 79.6 Å². The van der Waals surface area contributed by atoms with Gasteiger partial charge in [-0.3, -0.25) is 28.8 Å². The number of unbranched alkanes of at least 4 members (excludes halogenated alkanes) is 11. The van der Waals surface area contributed by atoms with Crippen molar-refractivity contribution in [1.29, 1.82) is 0 Å². The Morgan fingerprint density at radius 3 is 1.46 bits per heavy atom. The third-order valence-electron chi connectivity index (χ3n) is 18.2. The van der Waals surface area contributed by atoms with E-state index in [1.807, 2.05) is 0 Å². The van der Waals surface area contributed by atoms with E-state index in [2.05, 4.69) is 45.7 Å². The summed E-state index contributed by atoms with van der Waals surface area (Å²) in [4.78, 5) is 76.6. The summed E-state index contributed by atoms with van der Waals surface area (Å²) in [6.45, 7) is 4.50. The van der Waals surface area contributed by atoms with Crippen molar-refractivity contribution in [3.63, 3.8) is 0 Å². The first-order chi connectivity index (χ1) is 48.1. The first-order valence-electron chi connectivity index (χ1n) is 34.7. The number of hydrogen-bond donors (Lipinski definition) is 17. The quantitative estimate of drug-likeness (QED) is 0.0158. The number of hydrogen-bond acceptors (Lipinski definition) is 31. The predicted molar refractivity (Wildman–Crippen MR) is 343 cm³/mol. The van der Waals surface area contributed by atoms with Crippen LogP contribution >= 0.6 is 0 Å². The highest BCUT2D eigenvalue weighted by molar-refractivity contribution is 5.77. The number of nitrogens with one attached hydrogen (secondary N) is 5. The van der Waals surface area contributed by atoms with Gasteiger partial charge in [-0.2, -0.15) is 0 Å². The zero-order chi connectivity index (χ0) is 74.4. The molecule has 5 fully saturated rings. The van der Waals surface area contributed by atoms with Gasteiger partial charge in [-0.15, -0.1) is 0 Å². The zero-order valence-corrected chi connectivity index (χ0v) is 58.4. The van der Waals surface area contributed by atoms with Crippen LogP contribution in [0.4, 0.5) is 0 Å². The van der Waals surface area contributed by atoms with Crippen molar-refractivity contribution in [2.45, 2.75) is 310 Å². The number of methoxy groups -OCH3 is 1. The summed E-state index contributed by atoms with van der Waals surface area (Å²) in [7, 11) is 1.21. The molecule has 101 heavy (non-hydrogen) atoms. The molecule has 0 saturated carbocycles. The molecule has 0 aliphatic carbocycles. The third kappa shape index (κ3) is 23.8. The lowest BCUT2D eigenvalue weighted by atomic mass is 9.93. The van der Waals surface area contributed by atoms with Crippen LogP contribution < -0.4 is 26.6 Å². The number of aliphatic hydroxyl groups excluding tert-OH is 12. The number of allylic oxidation sites excluding steroid dienone is 2. The molecule has 17 N–H and O–H groups in total. The van der Waals surface area contributed by atoms with E-state index >= 15 is 0 Å². The standard InChI is InChI=1S/C65H109N5O31/c1-9-10-11-12-13-14-15-16-17-18-19-20-21-22-23-24-41(79)70-43-49(82)48(81)39(28-90-35(7)78)97-61(43)98-55-36(25-71)94-62(44(51(55)84)67-32(4)75)99-56-37(26-72)95-63(45(52(56)85)68-33(5)76)100-57-38(27-73)96-64(46(53(57)86)69-34(6)77)101-58-40(93-60(88)42(50(58)83)66-31(3)74)29-91-65-59(89-8)54(87)47(80)30(2)92-65/h14-15,30,36-40,42-45,47-63,65,71-73,80-88H,9-13,16-29H2,1-8H3,(H,66,74)(H,67,75)(H,68,76)(H,69,77)(H,70,79)/b15-14-/t30?,36?,37?,38?,39?,40?,42?,43?,44?,45?,47-,48-,49?,50?,51?,52?,53?,54?,55-,56-,57-,58-,59?,60-,61+,62+,63+,65-/m1/s1. The van der Waals surface area contributed by atoms with Gasteiger partial charge in [0, 0.05) is 48.1 Å². The number of rotatable bonds is 37. The van der Waals surface area contributed by atoms with Crippen LogP contribution in [0.3, 0.4) is 0 Å². The average Bonchev–Trinajstić information content (AvgIpc) is 0.772. The number of esters is 1. The summed E-state index contributed by atoms with van der Waals surface area (Å²) in [6, 6.07) is -6.74. The summed E-state index contributed by atoms with van der Waals surface area (Å²) >= 11 is 0. The fourth-order valence-corrected chi connectivity index (χ4v) is 12.9. The van der Waals surface area contributed by atoms with Gasteiger partial charge in [-0.05, 0) is 39.0 Å². The van der Waals surface area contributed by atoms with Crippen molar-refractivity contribution in [1.82, 2.24) is 26.6 Å². The second-order valence-electron chi connectivity index (χ2n) is 26.2. The molecule has 0 aromatic carbocycles. The molecule has 36 heteroatoms. The second-order valence-corrected chi connectivity index (χ2v) is 26.2. The highest BCUT2D eigenvalue weighted by atomic mass is 16.8. The minimum absolute atomic E-state index is 0.00522. The molecule has 0 spiro atoms. The molecule has 6 aliphatic heterocycles. The lowest BCUT2D eigenvalue weighted by molar-refractivity contribution is -0.358. The molecule has 6 heterocycles. The lowest BCUT2D eigenvalue weighted by Crippen LogP contribution is -2.71. The summed E-state index contributed by atoms with van der Waals surface area (Å²) in [5, 5.41) is 148. The molecule has 580 valence electrons. The van der Waals surface area contributed by atoms with Crippen LogP contribution in [-0.2, 0) is 90.3 Å². The highest BCUT2D eigenvalue weighted by Crippen LogP contribution is 2.38. The number of carbonyl (C=O) groups excluding carboxylic acids is 6. The first kappa shape index (κ1) is 85.0. The molecule has 36 nitrogen and oxygen atoms in total. The summed E-state index contributed by atoms with van der Waals surface area (Å²) in [5.74, 6) is -5.42. The Morgan fingerprint density at radius 2 is 0.950 bits per heavy atom. The Hall–Kier alpha value is -4.98. The molecule has 6 rings (SSSR count). The molecule has 6 aliphatic rings. The Balaban J connectivity index is 1.19. The fraction of sp³-hybridized carbons (Fsp3) is 0.846. The SMILES string of the molecule is CCCCCC/C=C\CCCCCCCCCC(=O)NC1C(O)[C@H](O)C(COC(C)=O)O[C@H]1O[C@@H]1C(CO)O[C@@H](O[C@@H]2C(CO)O[C@@H](O[C@@H]3C(CO)OC(O[C@@H]4C(CO[C@@H]5OC(C)[C@@H](O)C(O)C5OC)O[C@@H](O)C(NC(C)=O)C4O)=C(NC(C)=O)C3O)C(NC(C)=O)C2O)C(NC(C)=O)C1O. The van der Waals surface area contributed by atoms with Crippen LogP contribution in [0.5, 0.6) is 0 Å². The summed E-state index contributed by atoms with van der Waals surface area (Å²) in [6.07, 6.45) is -23.9. The van der Waals surface area contributed by atoms with E-state index in [1.54, 1.807) is 0 Å². The van der Waals surface area contributed by atoms with E-state index in [-0.39, 0.29) is 6.42 Å². The smallest absolute Gasteiger partial charge is 0.303 e. The zero-order valence-electron chi connectivity index (χ0n) is 58.4. The van der Waals surface area contributed by atoms with E-state index in [9.17, 15) is 90.0 Å². The molecular formula is C65H109N5O31. The van der Waals surface area contributed by atoms with Gasteiger partial charge in [0.2, 0.25) is 29.5 Å². The molecule has 5 amide bonds. The monoisotopic (exact) mass is 1460 g/mol. The second kappa shape index (κ2) is 41.6. The molecular weight excluding hydrogens is 1350 g/mol. The van der Waals surface area contributed by atoms with Gasteiger partial charge in [0.15, 0.2) is 43.7 Å². The van der Waals surface area contributed by atoms with Crippen molar-refractivity contribution >= 4 is 35.5 Å². The van der Waals surface area contributed by atoms with Crippen LogP contribution in [0.2, 0.25) is 0 Å². The number of aliphatic hydroxyl groups is 12. The van der Waals surface area contributed by atoms with Crippen molar-refractivity contribution in [3.8, 4) is 0 Å². The maximum Gasteiger partial charge on any atom is 0.303 e. The van der Waals surface area contributed by atoms with Gasteiger partial charge in [0.1, 0.15) is 134 Å². The van der Waals surface area contributed by atoms with Crippen LogP contribution in [0.25, 0.3) is 0 Å². The topological polar surface area (TPSA) is 525 Å². The molecule has 17 unspecified atom stereocenters. The number of amides is 5. The van der Waals surface area contributed by atoms with Gasteiger partial charge in [-0.25, -0.2) is 0 Å².